The van der Waals surface area contributed by atoms with E-state index < -0.39 is 0 Å². The molecule has 7 rings (SSSR count). The van der Waals surface area contributed by atoms with Crippen molar-refractivity contribution in [2.75, 3.05) is 11.4 Å². The summed E-state index contributed by atoms with van der Waals surface area (Å²) in [5.74, 6) is 0.585. The molecule has 0 spiro atoms. The van der Waals surface area contributed by atoms with Crippen LogP contribution in [0.2, 0.25) is 0 Å². The number of para-hydroxylation sites is 2. The zero-order valence-corrected chi connectivity index (χ0v) is 22.4. The SMILES string of the molecule is NCC1=C/C=C\C=C/C=C(N2c3ccccc3C3C=CC(C4C=c5oc6ccccc6c5=CC4)=CC32)\C=C\C=C\1. The van der Waals surface area contributed by atoms with Crippen LogP contribution in [0.3, 0.4) is 0 Å². The maximum Gasteiger partial charge on any atom is 0.135 e. The van der Waals surface area contributed by atoms with E-state index in [4.69, 9.17) is 10.2 Å². The second-order valence-electron chi connectivity index (χ2n) is 10.6. The number of benzene rings is 2. The highest BCUT2D eigenvalue weighted by Gasteiger charge is 2.38. The van der Waals surface area contributed by atoms with Gasteiger partial charge in [-0.2, -0.15) is 0 Å². The summed E-state index contributed by atoms with van der Waals surface area (Å²) in [6.45, 7) is 0.509. The van der Waals surface area contributed by atoms with E-state index in [2.05, 4.69) is 126 Å². The number of hydrogen-bond donors (Lipinski definition) is 1. The highest BCUT2D eigenvalue weighted by molar-refractivity contribution is 5.79. The summed E-state index contributed by atoms with van der Waals surface area (Å²) >= 11 is 0. The van der Waals surface area contributed by atoms with E-state index in [-0.39, 0.29) is 12.0 Å². The van der Waals surface area contributed by atoms with Crippen molar-refractivity contribution in [3.05, 3.63) is 161 Å². The molecule has 0 bridgehead atoms. The first-order chi connectivity index (χ1) is 19.8. The summed E-state index contributed by atoms with van der Waals surface area (Å²) in [6, 6.07) is 17.3. The molecule has 3 atom stereocenters. The normalized spacial score (nSPS) is 29.0. The van der Waals surface area contributed by atoms with Gasteiger partial charge in [-0.05, 0) is 53.5 Å². The molecular weight excluding hydrogens is 488 g/mol. The number of hydrogen-bond acceptors (Lipinski definition) is 3. The first-order valence-electron chi connectivity index (χ1n) is 14.1. The Kier molecular flexibility index (Phi) is 6.43. The third-order valence-electron chi connectivity index (χ3n) is 8.21. The maximum atomic E-state index is 6.25. The lowest BCUT2D eigenvalue weighted by atomic mass is 9.82. The Bertz CT molecular complexity index is 1840. The molecule has 2 heterocycles. The summed E-state index contributed by atoms with van der Waals surface area (Å²) in [6.07, 6.45) is 33.8. The third-order valence-corrected chi connectivity index (χ3v) is 8.21. The van der Waals surface area contributed by atoms with Gasteiger partial charge in [0.25, 0.3) is 0 Å². The van der Waals surface area contributed by atoms with Crippen molar-refractivity contribution in [1.82, 2.24) is 0 Å². The number of nitrogens with two attached hydrogens (primary N) is 1. The van der Waals surface area contributed by atoms with Gasteiger partial charge in [0.05, 0.1) is 6.04 Å². The molecule has 2 aromatic carbocycles. The van der Waals surface area contributed by atoms with Gasteiger partial charge >= 0.3 is 0 Å². The number of allylic oxidation sites excluding steroid dienone is 11. The van der Waals surface area contributed by atoms with Crippen molar-refractivity contribution >= 4 is 28.8 Å². The summed E-state index contributed by atoms with van der Waals surface area (Å²) in [4.78, 5) is 2.49. The topological polar surface area (TPSA) is 42.4 Å². The smallest absolute Gasteiger partial charge is 0.135 e. The molecule has 196 valence electrons. The minimum Gasteiger partial charge on any atom is -0.456 e. The third kappa shape index (κ3) is 4.39. The number of furan rings is 1. The highest BCUT2D eigenvalue weighted by Crippen LogP contribution is 2.47. The van der Waals surface area contributed by atoms with E-state index in [0.29, 0.717) is 12.5 Å². The molecule has 0 radical (unpaired) electrons. The molecular formula is C37H32N2O. The molecule has 3 aromatic rings. The van der Waals surface area contributed by atoms with Crippen molar-refractivity contribution in [1.29, 1.82) is 0 Å². The monoisotopic (exact) mass is 520 g/mol. The average molecular weight is 521 g/mol. The quantitative estimate of drug-likeness (QED) is 0.429. The molecule has 1 aromatic heterocycles. The van der Waals surface area contributed by atoms with Gasteiger partial charge in [0.15, 0.2) is 0 Å². The van der Waals surface area contributed by atoms with Gasteiger partial charge in [-0.25, -0.2) is 0 Å². The van der Waals surface area contributed by atoms with Crippen molar-refractivity contribution in [2.45, 2.75) is 18.4 Å². The van der Waals surface area contributed by atoms with E-state index in [9.17, 15) is 0 Å². The molecule has 4 aliphatic rings. The summed E-state index contributed by atoms with van der Waals surface area (Å²) < 4.78 is 6.25. The fourth-order valence-corrected chi connectivity index (χ4v) is 6.26. The van der Waals surface area contributed by atoms with Crippen LogP contribution in [0, 0.1) is 5.92 Å². The fraction of sp³-hybridized carbons (Fsp3) is 0.135. The van der Waals surface area contributed by atoms with E-state index in [1.54, 1.807) is 0 Å². The van der Waals surface area contributed by atoms with Gasteiger partial charge < -0.3 is 15.1 Å². The standard InChI is InChI=1S/C37H32N2O/c38-25-26-11-3-1-2-4-13-29(14-6-5-12-26)39-34-17-9-7-15-30(34)31-21-19-27(23-35(31)39)28-20-22-33-32-16-8-10-18-36(32)40-37(33)24-28/h1-19,21-24,28,31,35H,20,25,38H2/b2-1?,3-1-,4-2-,6-5?,11-3?,12-5+,13-4?,14-6+,26-11+,26-12?,29-13+,29-14?. The van der Waals surface area contributed by atoms with Gasteiger partial charge in [-0.3, -0.25) is 0 Å². The lowest BCUT2D eigenvalue weighted by Gasteiger charge is -2.32. The van der Waals surface area contributed by atoms with Crippen LogP contribution in [0.15, 0.2) is 149 Å². The highest BCUT2D eigenvalue weighted by atomic mass is 16.3. The molecule has 0 amide bonds. The Morgan fingerprint density at radius 3 is 2.58 bits per heavy atom. The van der Waals surface area contributed by atoms with Crippen LogP contribution in [0.25, 0.3) is 23.1 Å². The van der Waals surface area contributed by atoms with E-state index in [1.165, 1.54) is 27.4 Å². The van der Waals surface area contributed by atoms with Crippen molar-refractivity contribution in [2.24, 2.45) is 11.7 Å². The minimum atomic E-state index is 0.194. The van der Waals surface area contributed by atoms with Crippen LogP contribution in [0.5, 0.6) is 0 Å². The van der Waals surface area contributed by atoms with Crippen LogP contribution in [0.4, 0.5) is 5.69 Å². The Morgan fingerprint density at radius 2 is 1.65 bits per heavy atom. The molecule has 2 N–H and O–H groups in total. The maximum absolute atomic E-state index is 6.25. The van der Waals surface area contributed by atoms with Crippen LogP contribution in [-0.2, 0) is 0 Å². The molecule has 0 saturated heterocycles. The Balaban J connectivity index is 1.27. The molecule has 3 unspecified atom stereocenters. The predicted octanol–water partition coefficient (Wildman–Crippen LogP) is 6.49. The zero-order valence-electron chi connectivity index (χ0n) is 22.4. The Labute approximate surface area is 235 Å². The zero-order chi connectivity index (χ0) is 26.9. The van der Waals surface area contributed by atoms with E-state index in [0.717, 1.165) is 28.7 Å². The van der Waals surface area contributed by atoms with Crippen LogP contribution >= 0.6 is 0 Å². The summed E-state index contributed by atoms with van der Waals surface area (Å²) in [7, 11) is 0. The van der Waals surface area contributed by atoms with Crippen LogP contribution in [0.1, 0.15) is 17.9 Å². The molecule has 0 fully saturated rings. The Morgan fingerprint density at radius 1 is 0.825 bits per heavy atom. The first-order valence-corrected chi connectivity index (χ1v) is 14.1. The Hall–Kier alpha value is -4.60. The van der Waals surface area contributed by atoms with Gasteiger partial charge in [-0.15, -0.1) is 0 Å². The molecule has 3 nitrogen and oxygen atoms in total. The minimum absolute atomic E-state index is 0.194. The van der Waals surface area contributed by atoms with Gasteiger partial charge in [0.2, 0.25) is 0 Å². The van der Waals surface area contributed by atoms with Crippen molar-refractivity contribution in [3.63, 3.8) is 0 Å². The predicted molar refractivity (Wildman–Crippen MR) is 167 cm³/mol. The molecule has 3 heteroatoms. The summed E-state index contributed by atoms with van der Waals surface area (Å²) in [5, 5.41) is 2.43. The second kappa shape index (κ2) is 10.5. The average Bonchev–Trinajstić information content (AvgIpc) is 3.52. The van der Waals surface area contributed by atoms with Gasteiger partial charge in [0, 0.05) is 40.4 Å². The number of nitrogens with zero attached hydrogens (tertiary/aromatic N) is 1. The lowest BCUT2D eigenvalue weighted by Crippen LogP contribution is -2.33. The number of rotatable bonds is 3. The molecule has 40 heavy (non-hydrogen) atoms. The van der Waals surface area contributed by atoms with Gasteiger partial charge in [0.1, 0.15) is 11.0 Å². The lowest BCUT2D eigenvalue weighted by molar-refractivity contribution is 0.566. The van der Waals surface area contributed by atoms with Crippen molar-refractivity contribution in [3.8, 4) is 0 Å². The van der Waals surface area contributed by atoms with Gasteiger partial charge in [-0.1, -0.05) is 109 Å². The van der Waals surface area contributed by atoms with E-state index in [1.807, 2.05) is 18.2 Å². The number of anilines is 1. The molecule has 3 aliphatic carbocycles. The second-order valence-corrected chi connectivity index (χ2v) is 10.6. The first kappa shape index (κ1) is 24.4. The van der Waals surface area contributed by atoms with Crippen LogP contribution < -0.4 is 21.3 Å². The molecule has 1 aliphatic heterocycles. The molecule has 0 saturated carbocycles. The largest absolute Gasteiger partial charge is 0.456 e. The summed E-state index contributed by atoms with van der Waals surface area (Å²) in [5.41, 5.74) is 14.1. The fourth-order valence-electron chi connectivity index (χ4n) is 6.26. The van der Waals surface area contributed by atoms with E-state index >= 15 is 0 Å². The van der Waals surface area contributed by atoms with Crippen LogP contribution in [-0.4, -0.2) is 12.6 Å². The number of fused-ring (bicyclic) bond motifs is 6. The van der Waals surface area contributed by atoms with Crippen molar-refractivity contribution < 1.29 is 4.42 Å².